The smallest absolute Gasteiger partial charge is 0.273 e. The molecule has 0 unspecified atom stereocenters. The number of aromatic amines is 1. The van der Waals surface area contributed by atoms with Gasteiger partial charge in [0.2, 0.25) is 0 Å². The average Bonchev–Trinajstić information content (AvgIpc) is 2.39. The lowest BCUT2D eigenvalue weighted by atomic mass is 10.0. The summed E-state index contributed by atoms with van der Waals surface area (Å²) in [5.74, 6) is -0.138. The van der Waals surface area contributed by atoms with Crippen LogP contribution in [0.5, 0.6) is 0 Å². The second-order valence-electron chi connectivity index (χ2n) is 4.75. The van der Waals surface area contributed by atoms with Crippen LogP contribution in [0.25, 0.3) is 0 Å². The maximum Gasteiger partial charge on any atom is 0.273 e. The van der Waals surface area contributed by atoms with E-state index in [9.17, 15) is 9.59 Å². The summed E-state index contributed by atoms with van der Waals surface area (Å²) < 4.78 is 0. The molecule has 0 radical (unpaired) electrons. The highest BCUT2D eigenvalue weighted by atomic mass is 16.2. The van der Waals surface area contributed by atoms with Crippen LogP contribution in [0.3, 0.4) is 0 Å². The Hall–Kier alpha value is -1.69. The zero-order valence-electron chi connectivity index (χ0n) is 10.7. The Balaban J connectivity index is 2.04. The monoisotopic (exact) mass is 250 g/mol. The third-order valence-electron chi connectivity index (χ3n) is 3.45. The normalized spacial score (nSPS) is 17.7. The summed E-state index contributed by atoms with van der Waals surface area (Å²) >= 11 is 0. The van der Waals surface area contributed by atoms with Gasteiger partial charge in [-0.05, 0) is 33.0 Å². The van der Waals surface area contributed by atoms with Crippen molar-refractivity contribution >= 4 is 5.91 Å². The summed E-state index contributed by atoms with van der Waals surface area (Å²) in [6.45, 7) is 2.00. The molecule has 6 nitrogen and oxygen atoms in total. The van der Waals surface area contributed by atoms with Crippen LogP contribution in [0, 0.1) is 0 Å². The van der Waals surface area contributed by atoms with Gasteiger partial charge in [-0.3, -0.25) is 9.59 Å². The van der Waals surface area contributed by atoms with Gasteiger partial charge in [-0.1, -0.05) is 0 Å². The average molecular weight is 250 g/mol. The fraction of sp³-hybridized carbons (Fsp3) is 0.583. The Morgan fingerprint density at radius 2 is 2.17 bits per heavy atom. The van der Waals surface area contributed by atoms with Gasteiger partial charge < -0.3 is 14.8 Å². The highest BCUT2D eigenvalue weighted by Gasteiger charge is 2.25. The van der Waals surface area contributed by atoms with Gasteiger partial charge in [-0.25, -0.2) is 4.98 Å². The van der Waals surface area contributed by atoms with E-state index in [0.29, 0.717) is 0 Å². The summed E-state index contributed by atoms with van der Waals surface area (Å²) in [5.41, 5.74) is -0.00970. The molecular weight excluding hydrogens is 232 g/mol. The number of carbonyl (C=O) groups is 1. The first-order chi connectivity index (χ1) is 8.58. The third kappa shape index (κ3) is 2.76. The molecule has 1 N–H and O–H groups in total. The lowest BCUT2D eigenvalue weighted by Gasteiger charge is -2.34. The zero-order valence-corrected chi connectivity index (χ0v) is 10.7. The molecule has 1 aliphatic heterocycles. The molecule has 1 aliphatic rings. The summed E-state index contributed by atoms with van der Waals surface area (Å²) in [6, 6.07) is 0.252. The molecule has 1 amide bonds. The third-order valence-corrected chi connectivity index (χ3v) is 3.45. The molecule has 0 spiro atoms. The van der Waals surface area contributed by atoms with Crippen molar-refractivity contribution in [3.63, 3.8) is 0 Å². The molecule has 1 saturated heterocycles. The number of hydrogen-bond donors (Lipinski definition) is 1. The Morgan fingerprint density at radius 1 is 1.50 bits per heavy atom. The zero-order chi connectivity index (χ0) is 13.1. The Bertz CT molecular complexity index is 457. The van der Waals surface area contributed by atoms with Gasteiger partial charge in [0.25, 0.3) is 11.5 Å². The van der Waals surface area contributed by atoms with Crippen LogP contribution in [0.4, 0.5) is 0 Å². The standard InChI is InChI=1S/C12H18N4O2/c1-15-5-3-9(4-6-15)16(2)12(18)10-7-14-11(17)8-13-10/h7-9H,3-6H2,1-2H3,(H,14,17). The number of aromatic nitrogens is 2. The predicted octanol–water partition coefficient (Wildman–Crippen LogP) is -0.0639. The van der Waals surface area contributed by atoms with Crippen molar-refractivity contribution in [1.29, 1.82) is 0 Å². The lowest BCUT2D eigenvalue weighted by Crippen LogP contribution is -2.44. The number of carbonyl (C=O) groups excluding carboxylic acids is 1. The minimum Gasteiger partial charge on any atom is -0.337 e. The van der Waals surface area contributed by atoms with Gasteiger partial charge >= 0.3 is 0 Å². The molecule has 0 aromatic carbocycles. The van der Waals surface area contributed by atoms with Gasteiger partial charge in [0, 0.05) is 19.3 Å². The van der Waals surface area contributed by atoms with E-state index in [4.69, 9.17) is 0 Å². The van der Waals surface area contributed by atoms with E-state index >= 15 is 0 Å². The van der Waals surface area contributed by atoms with Gasteiger partial charge in [0.15, 0.2) is 0 Å². The van der Waals surface area contributed by atoms with Crippen LogP contribution in [0.1, 0.15) is 23.3 Å². The minimum absolute atomic E-state index is 0.138. The maximum atomic E-state index is 12.2. The summed E-state index contributed by atoms with van der Waals surface area (Å²) in [5, 5.41) is 0. The highest BCUT2D eigenvalue weighted by Crippen LogP contribution is 2.15. The number of piperidine rings is 1. The molecule has 98 valence electrons. The van der Waals surface area contributed by atoms with Gasteiger partial charge in [-0.15, -0.1) is 0 Å². The molecule has 0 bridgehead atoms. The molecule has 6 heteroatoms. The molecular formula is C12H18N4O2. The number of H-pyrrole nitrogens is 1. The highest BCUT2D eigenvalue weighted by molar-refractivity contribution is 5.91. The van der Waals surface area contributed by atoms with E-state index in [1.54, 1.807) is 11.9 Å². The molecule has 1 aromatic heterocycles. The number of nitrogens with zero attached hydrogens (tertiary/aromatic N) is 3. The Kier molecular flexibility index (Phi) is 3.76. The van der Waals surface area contributed by atoms with Gasteiger partial charge in [-0.2, -0.15) is 0 Å². The van der Waals surface area contributed by atoms with Crippen molar-refractivity contribution in [2.45, 2.75) is 18.9 Å². The van der Waals surface area contributed by atoms with Crippen molar-refractivity contribution < 1.29 is 4.79 Å². The van der Waals surface area contributed by atoms with E-state index in [1.807, 2.05) is 0 Å². The molecule has 1 aromatic rings. The van der Waals surface area contributed by atoms with E-state index in [2.05, 4.69) is 21.9 Å². The largest absolute Gasteiger partial charge is 0.337 e. The van der Waals surface area contributed by atoms with Crippen LogP contribution < -0.4 is 5.56 Å². The molecule has 1 fully saturated rings. The van der Waals surface area contributed by atoms with E-state index in [-0.39, 0.29) is 23.2 Å². The van der Waals surface area contributed by atoms with Crippen LogP contribution >= 0.6 is 0 Å². The second-order valence-corrected chi connectivity index (χ2v) is 4.75. The lowest BCUT2D eigenvalue weighted by molar-refractivity contribution is 0.0653. The van der Waals surface area contributed by atoms with Crippen LogP contribution in [0.15, 0.2) is 17.2 Å². The number of likely N-dealkylation sites (tertiary alicyclic amines) is 1. The first-order valence-electron chi connectivity index (χ1n) is 6.08. The molecule has 2 heterocycles. The molecule has 0 aliphatic carbocycles. The Morgan fingerprint density at radius 3 is 2.72 bits per heavy atom. The molecule has 2 rings (SSSR count). The summed E-state index contributed by atoms with van der Waals surface area (Å²) in [4.78, 5) is 33.4. The van der Waals surface area contributed by atoms with Crippen molar-refractivity contribution in [3.05, 3.63) is 28.4 Å². The number of amides is 1. The Labute approximate surface area is 106 Å². The first kappa shape index (κ1) is 12.8. The van der Waals surface area contributed by atoms with E-state index in [1.165, 1.54) is 6.20 Å². The van der Waals surface area contributed by atoms with Gasteiger partial charge in [0.1, 0.15) is 5.69 Å². The molecule has 0 saturated carbocycles. The second kappa shape index (κ2) is 5.30. The van der Waals surface area contributed by atoms with E-state index in [0.717, 1.165) is 32.1 Å². The number of nitrogens with one attached hydrogen (secondary N) is 1. The van der Waals surface area contributed by atoms with Crippen LogP contribution in [-0.4, -0.2) is 58.9 Å². The summed E-state index contributed by atoms with van der Waals surface area (Å²) in [6.07, 6.45) is 4.45. The fourth-order valence-corrected chi connectivity index (χ4v) is 2.19. The van der Waals surface area contributed by atoms with Crippen LogP contribution in [0.2, 0.25) is 0 Å². The first-order valence-corrected chi connectivity index (χ1v) is 6.08. The maximum absolute atomic E-state index is 12.2. The van der Waals surface area contributed by atoms with Crippen molar-refractivity contribution in [2.75, 3.05) is 27.2 Å². The SMILES string of the molecule is CN1CCC(N(C)C(=O)c2c[nH]c(=O)cn2)CC1. The fourth-order valence-electron chi connectivity index (χ4n) is 2.19. The molecule has 18 heavy (non-hydrogen) atoms. The number of hydrogen-bond acceptors (Lipinski definition) is 4. The van der Waals surface area contributed by atoms with Crippen molar-refractivity contribution in [2.24, 2.45) is 0 Å². The topological polar surface area (TPSA) is 69.3 Å². The summed E-state index contributed by atoms with van der Waals surface area (Å²) in [7, 11) is 3.88. The van der Waals surface area contributed by atoms with E-state index < -0.39 is 0 Å². The predicted molar refractivity (Wildman–Crippen MR) is 67.5 cm³/mol. The van der Waals surface area contributed by atoms with Crippen molar-refractivity contribution in [1.82, 2.24) is 19.8 Å². The van der Waals surface area contributed by atoms with Crippen LogP contribution in [-0.2, 0) is 0 Å². The van der Waals surface area contributed by atoms with Gasteiger partial charge in [0.05, 0.1) is 6.20 Å². The van der Waals surface area contributed by atoms with Crippen molar-refractivity contribution in [3.8, 4) is 0 Å². The quantitative estimate of drug-likeness (QED) is 0.798. The number of rotatable bonds is 2. The minimum atomic E-state index is -0.298. The molecule has 0 atom stereocenters.